The van der Waals surface area contributed by atoms with Crippen LogP contribution in [0.1, 0.15) is 13.8 Å². The number of carbonyl (C=O) groups excluding carboxylic acids is 1. The zero-order chi connectivity index (χ0) is 10.6. The first-order chi connectivity index (χ1) is 5.79. The van der Waals surface area contributed by atoms with Crippen molar-refractivity contribution in [2.45, 2.75) is 19.1 Å². The quantitative estimate of drug-likeness (QED) is 0.621. The maximum atomic E-state index is 11.2. The summed E-state index contributed by atoms with van der Waals surface area (Å²) in [5.41, 5.74) is 0.675. The summed E-state index contributed by atoms with van der Waals surface area (Å²) < 4.78 is 21.8. The summed E-state index contributed by atoms with van der Waals surface area (Å²) in [6, 6.07) is 1.47. The average Bonchev–Trinajstić information content (AvgIpc) is 1.82. The van der Waals surface area contributed by atoms with Gasteiger partial charge in [-0.1, -0.05) is 5.57 Å². The summed E-state index contributed by atoms with van der Waals surface area (Å²) in [7, 11) is -3.62. The Morgan fingerprint density at radius 1 is 1.46 bits per heavy atom. The van der Waals surface area contributed by atoms with E-state index >= 15 is 0 Å². The Bertz CT molecular complexity index is 369. The number of hydrogen-bond acceptors (Lipinski definition) is 4. The first-order valence-electron chi connectivity index (χ1n) is 3.56. The van der Waals surface area contributed by atoms with E-state index in [4.69, 9.17) is 5.26 Å². The minimum absolute atomic E-state index is 0.675. The van der Waals surface area contributed by atoms with Crippen LogP contribution >= 0.6 is 0 Å². The van der Waals surface area contributed by atoms with Crippen LogP contribution in [0.25, 0.3) is 0 Å². The summed E-state index contributed by atoms with van der Waals surface area (Å²) in [6.07, 6.45) is 2.03. The number of rotatable bonds is 3. The smallest absolute Gasteiger partial charge is 0.209 e. The number of nitriles is 1. The van der Waals surface area contributed by atoms with E-state index in [1.54, 1.807) is 13.8 Å². The SMILES string of the molecule is CC(C)=CC(=O)C(C#N)S(C)(=O)=O. The molecule has 0 saturated carbocycles. The summed E-state index contributed by atoms with van der Waals surface area (Å²) in [6.45, 7) is 3.32. The molecular weight excluding hydrogens is 190 g/mol. The van der Waals surface area contributed by atoms with Crippen molar-refractivity contribution in [3.05, 3.63) is 11.6 Å². The molecule has 0 aromatic carbocycles. The van der Waals surface area contributed by atoms with E-state index in [9.17, 15) is 13.2 Å². The largest absolute Gasteiger partial charge is 0.292 e. The molecule has 0 heterocycles. The molecule has 5 heteroatoms. The van der Waals surface area contributed by atoms with E-state index in [1.807, 2.05) is 0 Å². The Hall–Kier alpha value is -1.15. The molecule has 0 radical (unpaired) electrons. The van der Waals surface area contributed by atoms with Crippen LogP contribution in [0.4, 0.5) is 0 Å². The molecule has 0 spiro atoms. The van der Waals surface area contributed by atoms with Crippen LogP contribution in [0, 0.1) is 11.3 Å². The van der Waals surface area contributed by atoms with Gasteiger partial charge in [-0.15, -0.1) is 0 Å². The number of allylic oxidation sites excluding steroid dienone is 2. The fourth-order valence-electron chi connectivity index (χ4n) is 0.731. The minimum Gasteiger partial charge on any atom is -0.292 e. The maximum Gasteiger partial charge on any atom is 0.209 e. The van der Waals surface area contributed by atoms with Gasteiger partial charge in [-0.25, -0.2) is 8.42 Å². The molecule has 1 atom stereocenters. The summed E-state index contributed by atoms with van der Waals surface area (Å²) >= 11 is 0. The van der Waals surface area contributed by atoms with E-state index in [0.29, 0.717) is 5.57 Å². The molecule has 0 amide bonds. The van der Waals surface area contributed by atoms with Crippen LogP contribution in [-0.4, -0.2) is 25.7 Å². The molecule has 0 aliphatic heterocycles. The highest BCUT2D eigenvalue weighted by Crippen LogP contribution is 2.02. The Balaban J connectivity index is 4.98. The summed E-state index contributed by atoms with van der Waals surface area (Å²) in [5, 5.41) is 6.90. The fourth-order valence-corrected chi connectivity index (χ4v) is 1.41. The third-order valence-corrected chi connectivity index (χ3v) is 2.43. The van der Waals surface area contributed by atoms with Crippen LogP contribution < -0.4 is 0 Å². The molecule has 13 heavy (non-hydrogen) atoms. The van der Waals surface area contributed by atoms with E-state index in [1.165, 1.54) is 6.07 Å². The van der Waals surface area contributed by atoms with Crippen LogP contribution in [0.15, 0.2) is 11.6 Å². The first kappa shape index (κ1) is 11.8. The van der Waals surface area contributed by atoms with Gasteiger partial charge in [-0.3, -0.25) is 4.79 Å². The van der Waals surface area contributed by atoms with Gasteiger partial charge < -0.3 is 0 Å². The van der Waals surface area contributed by atoms with E-state index in [-0.39, 0.29) is 0 Å². The molecule has 0 fully saturated rings. The van der Waals surface area contributed by atoms with Crippen molar-refractivity contribution < 1.29 is 13.2 Å². The Morgan fingerprint density at radius 2 is 1.92 bits per heavy atom. The molecule has 0 aliphatic carbocycles. The maximum absolute atomic E-state index is 11.2. The van der Waals surface area contributed by atoms with Gasteiger partial charge in [0.2, 0.25) is 5.25 Å². The Kier molecular flexibility index (Phi) is 3.82. The monoisotopic (exact) mass is 201 g/mol. The molecule has 0 aromatic heterocycles. The van der Waals surface area contributed by atoms with Gasteiger partial charge in [0.15, 0.2) is 15.6 Å². The van der Waals surface area contributed by atoms with Crippen molar-refractivity contribution in [3.8, 4) is 6.07 Å². The van der Waals surface area contributed by atoms with Crippen molar-refractivity contribution in [3.63, 3.8) is 0 Å². The predicted molar refractivity (Wildman–Crippen MR) is 48.7 cm³/mol. The third-order valence-electron chi connectivity index (χ3n) is 1.23. The van der Waals surface area contributed by atoms with Crippen LogP contribution in [0.3, 0.4) is 0 Å². The van der Waals surface area contributed by atoms with Crippen LogP contribution in [-0.2, 0) is 14.6 Å². The molecular formula is C8H11NO3S. The lowest BCUT2D eigenvalue weighted by atomic mass is 10.2. The second-order valence-electron chi connectivity index (χ2n) is 2.96. The molecule has 0 aliphatic rings. The summed E-state index contributed by atoms with van der Waals surface area (Å²) in [5.74, 6) is -0.676. The summed E-state index contributed by atoms with van der Waals surface area (Å²) in [4.78, 5) is 11.2. The highest BCUT2D eigenvalue weighted by molar-refractivity contribution is 7.92. The molecule has 72 valence electrons. The first-order valence-corrected chi connectivity index (χ1v) is 5.51. The molecule has 1 unspecified atom stereocenters. The van der Waals surface area contributed by atoms with Gasteiger partial charge in [0.05, 0.1) is 6.07 Å². The van der Waals surface area contributed by atoms with Gasteiger partial charge in [-0.05, 0) is 19.9 Å². The molecule has 0 saturated heterocycles. The van der Waals surface area contributed by atoms with E-state index < -0.39 is 20.9 Å². The highest BCUT2D eigenvalue weighted by Gasteiger charge is 2.26. The van der Waals surface area contributed by atoms with Gasteiger partial charge in [-0.2, -0.15) is 5.26 Å². The molecule has 0 N–H and O–H groups in total. The average molecular weight is 201 g/mol. The Morgan fingerprint density at radius 3 is 2.15 bits per heavy atom. The van der Waals surface area contributed by atoms with Gasteiger partial charge in [0, 0.05) is 6.26 Å². The minimum atomic E-state index is -3.62. The van der Waals surface area contributed by atoms with Crippen LogP contribution in [0.5, 0.6) is 0 Å². The molecule has 4 nitrogen and oxygen atoms in total. The van der Waals surface area contributed by atoms with Crippen LogP contribution in [0.2, 0.25) is 0 Å². The zero-order valence-electron chi connectivity index (χ0n) is 7.73. The second-order valence-corrected chi connectivity index (χ2v) is 5.09. The lowest BCUT2D eigenvalue weighted by Crippen LogP contribution is -2.26. The standard InChI is InChI=1S/C8H11NO3S/c1-6(2)4-7(10)8(5-9)13(3,11)12/h4,8H,1-3H3. The fraction of sp³-hybridized carbons (Fsp3) is 0.500. The lowest BCUT2D eigenvalue weighted by molar-refractivity contribution is -0.113. The molecule has 0 rings (SSSR count). The molecule has 0 bridgehead atoms. The van der Waals surface area contributed by atoms with Crippen molar-refractivity contribution >= 4 is 15.6 Å². The van der Waals surface area contributed by atoms with Crippen molar-refractivity contribution in [2.24, 2.45) is 0 Å². The number of nitrogens with zero attached hydrogens (tertiary/aromatic N) is 1. The number of carbonyl (C=O) groups is 1. The third kappa shape index (κ3) is 3.85. The van der Waals surface area contributed by atoms with Gasteiger partial charge in [0.1, 0.15) is 0 Å². The predicted octanol–water partition coefficient (Wildman–Crippen LogP) is 0.458. The zero-order valence-corrected chi connectivity index (χ0v) is 8.55. The van der Waals surface area contributed by atoms with Crippen molar-refractivity contribution in [2.75, 3.05) is 6.26 Å². The van der Waals surface area contributed by atoms with E-state index in [0.717, 1.165) is 12.3 Å². The molecule has 0 aromatic rings. The van der Waals surface area contributed by atoms with Gasteiger partial charge in [0.25, 0.3) is 0 Å². The second kappa shape index (κ2) is 4.19. The van der Waals surface area contributed by atoms with Gasteiger partial charge >= 0.3 is 0 Å². The van der Waals surface area contributed by atoms with Crippen molar-refractivity contribution in [1.29, 1.82) is 5.26 Å². The number of hydrogen-bond donors (Lipinski definition) is 0. The normalized spacial score (nSPS) is 12.8. The van der Waals surface area contributed by atoms with E-state index in [2.05, 4.69) is 0 Å². The highest BCUT2D eigenvalue weighted by atomic mass is 32.2. The topological polar surface area (TPSA) is 75.0 Å². The number of sulfone groups is 1. The van der Waals surface area contributed by atoms with Crippen molar-refractivity contribution in [1.82, 2.24) is 0 Å². The lowest BCUT2D eigenvalue weighted by Gasteiger charge is -2.01. The number of ketones is 1. The Labute approximate surface area is 77.8 Å².